The highest BCUT2D eigenvalue weighted by Gasteiger charge is 2.41. The zero-order valence-electron chi connectivity index (χ0n) is 16.6. The molecule has 0 fully saturated rings. The number of carboxylic acid groups (broad SMARTS) is 1. The van der Waals surface area contributed by atoms with Crippen molar-refractivity contribution in [2.75, 3.05) is 6.61 Å². The molecule has 0 aliphatic carbocycles. The third kappa shape index (κ3) is 6.99. The summed E-state index contributed by atoms with van der Waals surface area (Å²) in [5.74, 6) is -1.59. The number of benzene rings is 1. The first kappa shape index (κ1) is 24.3. The molecule has 1 amide bonds. The van der Waals surface area contributed by atoms with Gasteiger partial charge in [-0.2, -0.15) is 8.78 Å². The van der Waals surface area contributed by atoms with E-state index in [1.165, 1.54) is 6.07 Å². The molecular weight excluding hydrogens is 395 g/mol. The first-order chi connectivity index (χ1) is 12.8. The van der Waals surface area contributed by atoms with Crippen molar-refractivity contribution >= 4 is 14.4 Å². The second kappa shape index (κ2) is 9.62. The summed E-state index contributed by atoms with van der Waals surface area (Å²) in [6.45, 7) is 6.28. The van der Waals surface area contributed by atoms with E-state index in [0.29, 0.717) is 5.56 Å². The van der Waals surface area contributed by atoms with Crippen molar-refractivity contribution in [2.45, 2.75) is 64.1 Å². The van der Waals surface area contributed by atoms with Crippen LogP contribution in [0.15, 0.2) is 18.2 Å². The van der Waals surface area contributed by atoms with Gasteiger partial charge in [-0.1, -0.05) is 26.8 Å². The van der Waals surface area contributed by atoms with Crippen LogP contribution in [0.1, 0.15) is 26.3 Å². The maximum absolute atomic E-state index is 13.6. The van der Waals surface area contributed by atoms with Crippen LogP contribution in [0, 0.1) is 5.82 Å². The third-order valence-corrected chi connectivity index (χ3v) is 9.36. The normalized spacial score (nSPS) is 14.6. The molecule has 1 aromatic carbocycles. The van der Waals surface area contributed by atoms with Crippen molar-refractivity contribution in [3.05, 3.63) is 29.6 Å². The van der Waals surface area contributed by atoms with Crippen molar-refractivity contribution < 1.29 is 37.3 Å². The first-order valence-electron chi connectivity index (χ1n) is 8.78. The van der Waals surface area contributed by atoms with Gasteiger partial charge in [-0.15, -0.1) is 0 Å². The maximum atomic E-state index is 13.6. The van der Waals surface area contributed by atoms with Crippen LogP contribution in [-0.4, -0.2) is 50.0 Å². The molecule has 0 radical (unpaired) electrons. The number of nitrogens with one attached hydrogen (secondary N) is 1. The van der Waals surface area contributed by atoms with Crippen molar-refractivity contribution in [2.24, 2.45) is 0 Å². The van der Waals surface area contributed by atoms with Crippen LogP contribution in [-0.2, 0) is 10.8 Å². The van der Waals surface area contributed by atoms with Crippen molar-refractivity contribution in [3.63, 3.8) is 0 Å². The van der Waals surface area contributed by atoms with E-state index < -0.39 is 51.3 Å². The summed E-state index contributed by atoms with van der Waals surface area (Å²) in [5.41, 5.74) is 0.355. The van der Waals surface area contributed by atoms with Gasteiger partial charge in [0.2, 0.25) is 0 Å². The van der Waals surface area contributed by atoms with Crippen LogP contribution >= 0.6 is 0 Å². The highest BCUT2D eigenvalue weighted by atomic mass is 28.4. The molecule has 0 saturated heterocycles. The molecule has 0 saturated carbocycles. The first-order valence-corrected chi connectivity index (χ1v) is 11.7. The van der Waals surface area contributed by atoms with Gasteiger partial charge in [0.15, 0.2) is 19.9 Å². The van der Waals surface area contributed by atoms with Crippen molar-refractivity contribution in [1.82, 2.24) is 5.32 Å². The SMILES string of the molecule is CC(C)(C)[Si](C)(C)O[C@H](CO)[C@H](Cc1ccc(F)c(OC(F)F)c1)NC(=O)O. The fraction of sp³-hybridized carbons (Fsp3) is 0.611. The number of ether oxygens (including phenoxy) is 1. The molecule has 0 unspecified atom stereocenters. The molecule has 2 atom stereocenters. The summed E-state index contributed by atoms with van der Waals surface area (Å²) in [7, 11) is -2.34. The number of rotatable bonds is 9. The van der Waals surface area contributed by atoms with Crippen molar-refractivity contribution in [1.29, 1.82) is 0 Å². The molecule has 1 aromatic rings. The fourth-order valence-corrected chi connectivity index (χ4v) is 3.70. The molecule has 0 aliphatic heterocycles. The van der Waals surface area contributed by atoms with Crippen LogP contribution in [0.3, 0.4) is 0 Å². The summed E-state index contributed by atoms with van der Waals surface area (Å²) in [6.07, 6.45) is -2.19. The van der Waals surface area contributed by atoms with Gasteiger partial charge in [0.05, 0.1) is 18.8 Å². The Kier molecular flexibility index (Phi) is 8.33. The van der Waals surface area contributed by atoms with Gasteiger partial charge in [0.1, 0.15) is 0 Å². The van der Waals surface area contributed by atoms with Gasteiger partial charge in [-0.25, -0.2) is 9.18 Å². The van der Waals surface area contributed by atoms with Crippen LogP contribution < -0.4 is 10.1 Å². The zero-order chi connectivity index (χ0) is 21.7. The number of halogens is 3. The van der Waals surface area contributed by atoms with Gasteiger partial charge in [0.25, 0.3) is 0 Å². The van der Waals surface area contributed by atoms with Gasteiger partial charge >= 0.3 is 12.7 Å². The molecule has 0 spiro atoms. The lowest BCUT2D eigenvalue weighted by atomic mass is 10.0. The van der Waals surface area contributed by atoms with E-state index in [4.69, 9.17) is 9.53 Å². The third-order valence-electron chi connectivity index (χ3n) is 4.86. The summed E-state index contributed by atoms with van der Waals surface area (Å²) in [5, 5.41) is 21.1. The van der Waals surface area contributed by atoms with Crippen LogP contribution in [0.5, 0.6) is 5.75 Å². The molecule has 10 heteroatoms. The Bertz CT molecular complexity index is 667. The molecule has 3 N–H and O–H groups in total. The van der Waals surface area contributed by atoms with E-state index in [0.717, 1.165) is 12.1 Å². The van der Waals surface area contributed by atoms with E-state index in [-0.39, 0.29) is 11.5 Å². The Hall–Kier alpha value is -1.78. The Morgan fingerprint density at radius 1 is 1.29 bits per heavy atom. The minimum absolute atomic E-state index is 0.00791. The standard InChI is InChI=1S/C18H28F3NO5Si/c1-18(2,3)28(4,5)27-15(10-23)13(22-17(24)25)8-11-6-7-12(19)14(9-11)26-16(20)21/h6-7,9,13,15-16,22-23H,8,10H2,1-5H3,(H,24,25)/t13-,15+/m0/s1. The fourth-order valence-electron chi connectivity index (χ4n) is 2.35. The summed E-state index contributed by atoms with van der Waals surface area (Å²) < 4.78 is 48.8. The molecule has 0 aliphatic rings. The predicted molar refractivity (Wildman–Crippen MR) is 101 cm³/mol. The number of alkyl halides is 2. The van der Waals surface area contributed by atoms with Gasteiger partial charge < -0.3 is 24.7 Å². The zero-order valence-corrected chi connectivity index (χ0v) is 17.6. The molecule has 6 nitrogen and oxygen atoms in total. The monoisotopic (exact) mass is 423 g/mol. The van der Waals surface area contributed by atoms with E-state index in [1.54, 1.807) is 0 Å². The number of amides is 1. The highest BCUT2D eigenvalue weighted by Crippen LogP contribution is 2.37. The number of carbonyl (C=O) groups is 1. The van der Waals surface area contributed by atoms with E-state index >= 15 is 0 Å². The topological polar surface area (TPSA) is 88.0 Å². The maximum Gasteiger partial charge on any atom is 0.404 e. The van der Waals surface area contributed by atoms with Crippen LogP contribution in [0.2, 0.25) is 18.1 Å². The predicted octanol–water partition coefficient (Wildman–Crippen LogP) is 3.99. The Morgan fingerprint density at radius 2 is 1.89 bits per heavy atom. The summed E-state index contributed by atoms with van der Waals surface area (Å²) in [4.78, 5) is 11.2. The lowest BCUT2D eigenvalue weighted by Crippen LogP contribution is -2.53. The van der Waals surface area contributed by atoms with Gasteiger partial charge in [-0.3, -0.25) is 0 Å². The number of hydrogen-bond acceptors (Lipinski definition) is 4. The van der Waals surface area contributed by atoms with Crippen LogP contribution in [0.25, 0.3) is 0 Å². The second-order valence-corrected chi connectivity index (χ2v) is 12.8. The summed E-state index contributed by atoms with van der Waals surface area (Å²) >= 11 is 0. The second-order valence-electron chi connectivity index (χ2n) is 8.00. The quantitative estimate of drug-likeness (QED) is 0.523. The Labute approximate surface area is 163 Å². The number of hydrogen-bond donors (Lipinski definition) is 3. The van der Waals surface area contributed by atoms with Crippen molar-refractivity contribution in [3.8, 4) is 5.75 Å². The number of aliphatic hydroxyl groups excluding tert-OH is 1. The molecule has 0 heterocycles. The van der Waals surface area contributed by atoms with E-state index in [2.05, 4.69) is 10.1 Å². The molecule has 28 heavy (non-hydrogen) atoms. The molecule has 0 aromatic heterocycles. The van der Waals surface area contributed by atoms with E-state index in [1.807, 2.05) is 33.9 Å². The molecular formula is C18H28F3NO5Si. The Morgan fingerprint density at radius 3 is 2.36 bits per heavy atom. The van der Waals surface area contributed by atoms with Crippen LogP contribution in [0.4, 0.5) is 18.0 Å². The minimum atomic E-state index is -3.19. The molecule has 0 bridgehead atoms. The average molecular weight is 424 g/mol. The molecule has 1 rings (SSSR count). The average Bonchev–Trinajstić information content (AvgIpc) is 2.53. The molecule has 160 valence electrons. The van der Waals surface area contributed by atoms with Gasteiger partial charge in [0, 0.05) is 0 Å². The lowest BCUT2D eigenvalue weighted by molar-refractivity contribution is -0.0522. The van der Waals surface area contributed by atoms with Gasteiger partial charge in [-0.05, 0) is 42.2 Å². The van der Waals surface area contributed by atoms with E-state index in [9.17, 15) is 23.1 Å². The smallest absolute Gasteiger partial charge is 0.404 e. The number of aliphatic hydroxyl groups is 1. The Balaban J connectivity index is 3.12. The lowest BCUT2D eigenvalue weighted by Gasteiger charge is -2.41. The largest absolute Gasteiger partial charge is 0.465 e. The minimum Gasteiger partial charge on any atom is -0.465 e. The summed E-state index contributed by atoms with van der Waals surface area (Å²) in [6, 6.07) is 2.51. The highest BCUT2D eigenvalue weighted by molar-refractivity contribution is 6.74.